The molecule has 122 valence electrons. The first-order valence-corrected chi connectivity index (χ1v) is 9.25. The van der Waals surface area contributed by atoms with Crippen molar-refractivity contribution < 1.29 is 4.79 Å². The largest absolute Gasteiger partial charge is 0.300 e. The highest BCUT2D eigenvalue weighted by atomic mass is 32.2. The second-order valence-electron chi connectivity index (χ2n) is 5.29. The zero-order valence-corrected chi connectivity index (χ0v) is 15.0. The van der Waals surface area contributed by atoms with Gasteiger partial charge in [-0.1, -0.05) is 53.8 Å². The van der Waals surface area contributed by atoms with Crippen LogP contribution in [-0.4, -0.2) is 21.4 Å². The van der Waals surface area contributed by atoms with Crippen LogP contribution < -0.4 is 5.32 Å². The average molecular weight is 355 g/mol. The topological polar surface area (TPSA) is 54.9 Å². The molecule has 6 heteroatoms. The first-order valence-electron chi connectivity index (χ1n) is 7.55. The Morgan fingerprint density at radius 1 is 1.08 bits per heavy atom. The lowest BCUT2D eigenvalue weighted by Gasteiger charge is -2.09. The molecule has 0 bridgehead atoms. The number of aryl methyl sites for hydroxylation is 1. The molecule has 1 N–H and O–H groups in total. The number of rotatable bonds is 5. The van der Waals surface area contributed by atoms with Crippen molar-refractivity contribution in [3.05, 3.63) is 60.2 Å². The van der Waals surface area contributed by atoms with E-state index in [1.165, 1.54) is 23.1 Å². The average Bonchev–Trinajstić information content (AvgIpc) is 3.04. The Morgan fingerprint density at radius 2 is 1.79 bits per heavy atom. The van der Waals surface area contributed by atoms with E-state index in [0.29, 0.717) is 5.13 Å². The normalized spacial score (nSPS) is 11.9. The Bertz CT molecular complexity index is 833. The summed E-state index contributed by atoms with van der Waals surface area (Å²) in [5.41, 5.74) is 2.18. The minimum atomic E-state index is -0.210. The molecule has 0 saturated carbocycles. The third-order valence-corrected chi connectivity index (χ3v) is 5.44. The first-order chi connectivity index (χ1) is 11.6. The second-order valence-corrected chi connectivity index (χ2v) is 7.68. The summed E-state index contributed by atoms with van der Waals surface area (Å²) in [6, 6.07) is 17.9. The van der Waals surface area contributed by atoms with E-state index in [4.69, 9.17) is 0 Å². The summed E-state index contributed by atoms with van der Waals surface area (Å²) < 4.78 is 0. The van der Waals surface area contributed by atoms with Crippen molar-refractivity contribution in [1.82, 2.24) is 10.2 Å². The van der Waals surface area contributed by atoms with Crippen LogP contribution in [0, 0.1) is 6.92 Å². The Balaban J connectivity index is 1.66. The fourth-order valence-electron chi connectivity index (χ4n) is 2.16. The molecule has 24 heavy (non-hydrogen) atoms. The zero-order chi connectivity index (χ0) is 16.9. The number of nitrogens with zero attached hydrogens (tertiary/aromatic N) is 2. The molecule has 0 aliphatic rings. The molecule has 0 saturated heterocycles. The quantitative estimate of drug-likeness (QED) is 0.678. The van der Waals surface area contributed by atoms with Crippen molar-refractivity contribution in [2.24, 2.45) is 0 Å². The zero-order valence-electron chi connectivity index (χ0n) is 13.4. The Hall–Kier alpha value is -2.18. The number of nitrogens with one attached hydrogen (secondary N) is 1. The molecule has 0 radical (unpaired) electrons. The van der Waals surface area contributed by atoms with Crippen molar-refractivity contribution in [2.45, 2.75) is 24.0 Å². The molecule has 1 unspecified atom stereocenters. The highest BCUT2D eigenvalue weighted by molar-refractivity contribution is 8.00. The predicted molar refractivity (Wildman–Crippen MR) is 100 cm³/mol. The number of amides is 1. The lowest BCUT2D eigenvalue weighted by Crippen LogP contribution is -2.22. The van der Waals surface area contributed by atoms with E-state index < -0.39 is 0 Å². The minimum absolute atomic E-state index is 0.0728. The van der Waals surface area contributed by atoms with Crippen LogP contribution in [0.4, 0.5) is 5.13 Å². The summed E-state index contributed by atoms with van der Waals surface area (Å²) in [6.07, 6.45) is 0. The van der Waals surface area contributed by atoms with Crippen LogP contribution in [0.15, 0.2) is 59.5 Å². The molecule has 1 amide bonds. The summed E-state index contributed by atoms with van der Waals surface area (Å²) in [6.45, 7) is 3.92. The van der Waals surface area contributed by atoms with Gasteiger partial charge in [0.25, 0.3) is 0 Å². The number of thioether (sulfide) groups is 1. The van der Waals surface area contributed by atoms with Crippen LogP contribution in [0.3, 0.4) is 0 Å². The van der Waals surface area contributed by atoms with Gasteiger partial charge in [0.05, 0.1) is 5.25 Å². The molecule has 1 aromatic heterocycles. The third-order valence-electron chi connectivity index (χ3n) is 3.46. The molecule has 0 aliphatic heterocycles. The van der Waals surface area contributed by atoms with Gasteiger partial charge in [-0.3, -0.25) is 10.1 Å². The molecule has 2 aromatic carbocycles. The molecule has 0 spiro atoms. The molecular weight excluding hydrogens is 338 g/mol. The van der Waals surface area contributed by atoms with E-state index in [1.807, 2.05) is 68.4 Å². The summed E-state index contributed by atoms with van der Waals surface area (Å²) in [4.78, 5) is 13.4. The van der Waals surface area contributed by atoms with Crippen molar-refractivity contribution in [1.29, 1.82) is 0 Å². The number of hydrogen-bond acceptors (Lipinski definition) is 5. The van der Waals surface area contributed by atoms with E-state index in [0.717, 1.165) is 21.0 Å². The summed E-state index contributed by atoms with van der Waals surface area (Å²) >= 11 is 2.91. The SMILES string of the molecule is Cc1ccccc1-c1nnc(NC(=O)C(C)Sc2ccccc2)s1. The molecule has 4 nitrogen and oxygen atoms in total. The van der Waals surface area contributed by atoms with Gasteiger partial charge < -0.3 is 0 Å². The maximum atomic E-state index is 12.3. The van der Waals surface area contributed by atoms with E-state index >= 15 is 0 Å². The van der Waals surface area contributed by atoms with Gasteiger partial charge in [0.15, 0.2) is 0 Å². The van der Waals surface area contributed by atoms with Gasteiger partial charge in [-0.05, 0) is 31.5 Å². The summed E-state index contributed by atoms with van der Waals surface area (Å²) in [5, 5.41) is 12.3. The third kappa shape index (κ3) is 4.01. The maximum absolute atomic E-state index is 12.3. The molecule has 0 fully saturated rings. The number of benzene rings is 2. The summed E-state index contributed by atoms with van der Waals surface area (Å²) in [5.74, 6) is -0.0728. The van der Waals surface area contributed by atoms with Gasteiger partial charge in [0.1, 0.15) is 5.01 Å². The standard InChI is InChI=1S/C18H17N3OS2/c1-12-8-6-7-11-15(12)17-20-21-18(24-17)19-16(22)13(2)23-14-9-4-3-5-10-14/h3-11,13H,1-2H3,(H,19,21,22). The van der Waals surface area contributed by atoms with E-state index in [2.05, 4.69) is 15.5 Å². The number of carbonyl (C=O) groups is 1. The highest BCUT2D eigenvalue weighted by Crippen LogP contribution is 2.29. The molecule has 3 rings (SSSR count). The smallest absolute Gasteiger partial charge is 0.239 e. The lowest BCUT2D eigenvalue weighted by atomic mass is 10.1. The van der Waals surface area contributed by atoms with Crippen LogP contribution in [0.25, 0.3) is 10.6 Å². The van der Waals surface area contributed by atoms with Gasteiger partial charge in [0, 0.05) is 10.5 Å². The van der Waals surface area contributed by atoms with Gasteiger partial charge in [-0.2, -0.15) is 0 Å². The van der Waals surface area contributed by atoms with Gasteiger partial charge in [-0.25, -0.2) is 0 Å². The second kappa shape index (κ2) is 7.59. The first kappa shape index (κ1) is 16.7. The van der Waals surface area contributed by atoms with Crippen LogP contribution in [-0.2, 0) is 4.79 Å². The van der Waals surface area contributed by atoms with E-state index in [9.17, 15) is 4.79 Å². The predicted octanol–water partition coefficient (Wildman–Crippen LogP) is 4.63. The van der Waals surface area contributed by atoms with Crippen LogP contribution in [0.5, 0.6) is 0 Å². The maximum Gasteiger partial charge on any atom is 0.239 e. The molecule has 3 aromatic rings. The molecule has 1 heterocycles. The number of aromatic nitrogens is 2. The fourth-order valence-corrected chi connectivity index (χ4v) is 3.88. The summed E-state index contributed by atoms with van der Waals surface area (Å²) in [7, 11) is 0. The van der Waals surface area contributed by atoms with E-state index in [1.54, 1.807) is 0 Å². The molecule has 0 aliphatic carbocycles. The monoisotopic (exact) mass is 355 g/mol. The Labute approximate surface area is 149 Å². The highest BCUT2D eigenvalue weighted by Gasteiger charge is 2.17. The number of hydrogen-bond donors (Lipinski definition) is 1. The van der Waals surface area contributed by atoms with Crippen LogP contribution in [0.1, 0.15) is 12.5 Å². The molecule has 1 atom stereocenters. The van der Waals surface area contributed by atoms with Crippen LogP contribution >= 0.6 is 23.1 Å². The van der Waals surface area contributed by atoms with E-state index in [-0.39, 0.29) is 11.2 Å². The van der Waals surface area contributed by atoms with Crippen LogP contribution in [0.2, 0.25) is 0 Å². The lowest BCUT2D eigenvalue weighted by molar-refractivity contribution is -0.115. The van der Waals surface area contributed by atoms with Crippen molar-refractivity contribution in [2.75, 3.05) is 5.32 Å². The van der Waals surface area contributed by atoms with Crippen molar-refractivity contribution >= 4 is 34.1 Å². The number of carbonyl (C=O) groups excluding carboxylic acids is 1. The Kier molecular flexibility index (Phi) is 5.27. The van der Waals surface area contributed by atoms with Crippen molar-refractivity contribution in [3.8, 4) is 10.6 Å². The van der Waals surface area contributed by atoms with Crippen molar-refractivity contribution in [3.63, 3.8) is 0 Å². The molecular formula is C18H17N3OS2. The minimum Gasteiger partial charge on any atom is -0.300 e. The van der Waals surface area contributed by atoms with Gasteiger partial charge >= 0.3 is 0 Å². The van der Waals surface area contributed by atoms with Gasteiger partial charge in [-0.15, -0.1) is 22.0 Å². The Morgan fingerprint density at radius 3 is 2.54 bits per heavy atom. The fraction of sp³-hybridized carbons (Fsp3) is 0.167. The number of anilines is 1. The van der Waals surface area contributed by atoms with Gasteiger partial charge in [0.2, 0.25) is 11.0 Å².